The summed E-state index contributed by atoms with van der Waals surface area (Å²) in [5, 5.41) is 57.3. The summed E-state index contributed by atoms with van der Waals surface area (Å²) in [7, 11) is 0. The van der Waals surface area contributed by atoms with Gasteiger partial charge in [0.1, 0.15) is 22.6 Å². The number of unbranched alkanes of at least 4 members (excludes halogenated alkanes) is 2. The molecule has 2 saturated heterocycles. The number of azo groups is 2. The Morgan fingerprint density at radius 2 is 1.28 bits per heavy atom. The Kier molecular flexibility index (Phi) is 17.2. The number of nitrogens with zero attached hydrogens (tertiary/aromatic N) is 6. The van der Waals surface area contributed by atoms with Crippen LogP contribution < -0.4 is 5.32 Å². The molecule has 4 aromatic carbocycles. The Bertz CT molecular complexity index is 2660. The van der Waals surface area contributed by atoms with Crippen LogP contribution in [-0.4, -0.2) is 111 Å². The Hall–Kier alpha value is -8.14. The van der Waals surface area contributed by atoms with Crippen molar-refractivity contribution in [1.82, 2.24) is 10.2 Å². The second-order valence-corrected chi connectivity index (χ2v) is 15.7. The number of carbonyl (C=O) groups excluding carboxylic acids is 4. The number of rotatable bonds is 19. The second kappa shape index (κ2) is 23.5. The maximum absolute atomic E-state index is 15.7. The van der Waals surface area contributed by atoms with Crippen molar-refractivity contribution < 1.29 is 72.5 Å². The van der Waals surface area contributed by atoms with Crippen molar-refractivity contribution in [2.24, 2.45) is 25.4 Å². The third kappa shape index (κ3) is 13.5. The first kappa shape index (κ1) is 50.3. The number of nitrogens with one attached hydrogen (secondary N) is 1. The van der Waals surface area contributed by atoms with E-state index in [4.69, 9.17) is 18.9 Å². The number of hydrogen-bond acceptors (Lipinski definition) is 16. The van der Waals surface area contributed by atoms with Crippen LogP contribution in [0.15, 0.2) is 110 Å². The first-order valence-corrected chi connectivity index (χ1v) is 21.7. The van der Waals surface area contributed by atoms with E-state index in [2.05, 4.69) is 30.8 Å². The van der Waals surface area contributed by atoms with Crippen LogP contribution in [0.5, 0.6) is 11.5 Å². The topological polar surface area (TPSA) is 297 Å². The summed E-state index contributed by atoms with van der Waals surface area (Å²) < 4.78 is 38.6. The van der Waals surface area contributed by atoms with Gasteiger partial charge >= 0.3 is 36.0 Å². The molecule has 2 heterocycles. The van der Waals surface area contributed by atoms with Crippen LogP contribution in [0.2, 0.25) is 0 Å². The molecule has 2 fully saturated rings. The third-order valence-electron chi connectivity index (χ3n) is 10.7. The molecule has 21 nitrogen and oxygen atoms in total. The normalized spacial score (nSPS) is 19.7. The standard InChI is InChI=1S/C47H48FN7O14/c1-3-4-9-22-66-47(65)50-42-33(48)25-55(46(64)49-42)43-41(69-39(59)21-15-28-11-6-8-13-35(28)54-52-30-17-19-37(57)32(24-30)45(62)63)40(26(2)67-43)68-38(58)20-14-27-10-5-7-12-34(27)53-51-29-16-18-36(56)31(23-29)44(60)61/h5-8,10-13,16-19,23-24,26,33,40-41,43,56-57H,3-4,9,14-15,20-22,25H2,1-2H3,(H,60,61)(H,62,63)(H,49,50,64,65)/t26-,33?,40+,41+,43?/m1/s1. The number of esters is 2. The van der Waals surface area contributed by atoms with Crippen molar-refractivity contribution in [3.05, 3.63) is 107 Å². The van der Waals surface area contributed by atoms with Gasteiger partial charge in [0.2, 0.25) is 0 Å². The highest BCUT2D eigenvalue weighted by atomic mass is 19.1. The molecule has 5 N–H and O–H groups in total. The van der Waals surface area contributed by atoms with Crippen molar-refractivity contribution >= 4 is 64.6 Å². The molecule has 2 aliphatic heterocycles. The number of aliphatic imine (C=N–C) groups is 1. The van der Waals surface area contributed by atoms with Crippen molar-refractivity contribution in [2.75, 3.05) is 13.2 Å². The lowest BCUT2D eigenvalue weighted by atomic mass is 10.1. The number of hydrogen-bond donors (Lipinski definition) is 5. The fraction of sp³-hybridized carbons (Fsp3) is 0.340. The van der Waals surface area contributed by atoms with Crippen molar-refractivity contribution in [1.29, 1.82) is 0 Å². The average molecular weight is 954 g/mol. The van der Waals surface area contributed by atoms with E-state index >= 15 is 4.39 Å². The van der Waals surface area contributed by atoms with Crippen LogP contribution in [0.4, 0.5) is 36.7 Å². The van der Waals surface area contributed by atoms with E-state index in [1.807, 2.05) is 6.92 Å². The number of urea groups is 1. The number of carboxylic acids is 2. The molecule has 0 aliphatic carbocycles. The van der Waals surface area contributed by atoms with Gasteiger partial charge in [0.15, 0.2) is 30.4 Å². The fourth-order valence-electron chi connectivity index (χ4n) is 7.18. The van der Waals surface area contributed by atoms with Crippen LogP contribution >= 0.6 is 0 Å². The van der Waals surface area contributed by atoms with Gasteiger partial charge in [0, 0.05) is 12.8 Å². The van der Waals surface area contributed by atoms with E-state index in [9.17, 15) is 49.2 Å². The highest BCUT2D eigenvalue weighted by Gasteiger charge is 2.53. The smallest absolute Gasteiger partial charge is 0.435 e. The van der Waals surface area contributed by atoms with Crippen LogP contribution in [0.3, 0.4) is 0 Å². The van der Waals surface area contributed by atoms with Gasteiger partial charge in [0.25, 0.3) is 0 Å². The van der Waals surface area contributed by atoms with Gasteiger partial charge in [-0.05, 0) is 85.8 Å². The molecular weight excluding hydrogens is 906 g/mol. The number of benzene rings is 4. The van der Waals surface area contributed by atoms with Crippen LogP contribution in [-0.2, 0) is 41.4 Å². The predicted octanol–water partition coefficient (Wildman–Crippen LogP) is 8.55. The molecule has 22 heteroatoms. The quantitative estimate of drug-likeness (QED) is 0.0255. The van der Waals surface area contributed by atoms with Crippen LogP contribution in [0.1, 0.15) is 77.8 Å². The van der Waals surface area contributed by atoms with Gasteiger partial charge < -0.3 is 39.4 Å². The fourth-order valence-corrected chi connectivity index (χ4v) is 7.18. The Labute approximate surface area is 393 Å². The number of carboxylic acid groups (broad SMARTS) is 2. The lowest BCUT2D eigenvalue weighted by Gasteiger charge is -2.36. The number of carbonyl (C=O) groups is 6. The minimum absolute atomic E-state index is 0.0393. The minimum Gasteiger partial charge on any atom is -0.507 e. The Morgan fingerprint density at radius 1 is 0.754 bits per heavy atom. The van der Waals surface area contributed by atoms with Crippen LogP contribution in [0.25, 0.3) is 0 Å². The van der Waals surface area contributed by atoms with Crippen molar-refractivity contribution in [3.63, 3.8) is 0 Å². The number of amides is 3. The summed E-state index contributed by atoms with van der Waals surface area (Å²) in [6, 6.07) is 19.8. The summed E-state index contributed by atoms with van der Waals surface area (Å²) >= 11 is 0. The van der Waals surface area contributed by atoms with E-state index < -0.39 is 90.6 Å². The highest BCUT2D eigenvalue weighted by molar-refractivity contribution is 6.06. The zero-order chi connectivity index (χ0) is 49.6. The molecule has 2 unspecified atom stereocenters. The molecule has 0 bridgehead atoms. The summed E-state index contributed by atoms with van der Waals surface area (Å²) in [6.07, 6.45) is -6.60. The van der Waals surface area contributed by atoms with Gasteiger partial charge in [-0.25, -0.2) is 23.6 Å². The van der Waals surface area contributed by atoms with Crippen molar-refractivity contribution in [3.8, 4) is 11.5 Å². The molecule has 0 aromatic heterocycles. The van der Waals surface area contributed by atoms with Crippen molar-refractivity contribution in [2.45, 2.75) is 89.5 Å². The van der Waals surface area contributed by atoms with E-state index in [0.29, 0.717) is 28.9 Å². The second-order valence-electron chi connectivity index (χ2n) is 15.7. The monoisotopic (exact) mass is 953 g/mol. The number of phenols is 2. The first-order valence-electron chi connectivity index (χ1n) is 21.7. The van der Waals surface area contributed by atoms with E-state index in [0.717, 1.165) is 29.9 Å². The van der Waals surface area contributed by atoms with Gasteiger partial charge in [-0.15, -0.1) is 0 Å². The summed E-state index contributed by atoms with van der Waals surface area (Å²) in [6.45, 7) is 2.84. The predicted molar refractivity (Wildman–Crippen MR) is 241 cm³/mol. The number of amidine groups is 1. The number of alkyl halides is 1. The molecule has 2 aliphatic rings. The summed E-state index contributed by atoms with van der Waals surface area (Å²) in [5.41, 5.74) is 1.31. The lowest BCUT2D eigenvalue weighted by molar-refractivity contribution is -0.169. The van der Waals surface area contributed by atoms with Crippen LogP contribution in [0, 0.1) is 0 Å². The van der Waals surface area contributed by atoms with Gasteiger partial charge in [-0.3, -0.25) is 19.8 Å². The zero-order valence-corrected chi connectivity index (χ0v) is 37.3. The largest absolute Gasteiger partial charge is 0.507 e. The summed E-state index contributed by atoms with van der Waals surface area (Å²) in [4.78, 5) is 80.6. The molecule has 0 radical (unpaired) electrons. The molecule has 3 amide bonds. The number of halogens is 1. The minimum atomic E-state index is -2.03. The van der Waals surface area contributed by atoms with Gasteiger partial charge in [-0.2, -0.15) is 25.4 Å². The maximum Gasteiger partial charge on any atom is 0.435 e. The Balaban J connectivity index is 1.17. The number of aryl methyl sites for hydroxylation is 2. The van der Waals surface area contributed by atoms with E-state index in [1.54, 1.807) is 48.5 Å². The average Bonchev–Trinajstić information content (AvgIpc) is 3.62. The SMILES string of the molecule is CCCCCOC(=O)/N=C1\NC(=O)N(C2O[C@H](C)[C@H](OC(=O)CCc3ccccc3N=Nc3ccc(O)c(C(=O)O)c3)[C@@H]2OC(=O)CCc2ccccc2N=Nc2ccc(O)c(C(=O)O)c2)CC1F. The van der Waals surface area contributed by atoms with Gasteiger partial charge in [-0.1, -0.05) is 56.2 Å². The molecule has 69 heavy (non-hydrogen) atoms. The lowest BCUT2D eigenvalue weighted by Crippen LogP contribution is -2.61. The number of aromatic carboxylic acids is 2. The molecule has 4 aromatic rings. The Morgan fingerprint density at radius 3 is 1.80 bits per heavy atom. The highest BCUT2D eigenvalue weighted by Crippen LogP contribution is 2.33. The number of ether oxygens (including phenoxy) is 4. The van der Waals surface area contributed by atoms with E-state index in [-0.39, 0.29) is 54.8 Å². The molecule has 0 spiro atoms. The number of aromatic hydroxyl groups is 2. The molecule has 5 atom stereocenters. The zero-order valence-electron chi connectivity index (χ0n) is 37.3. The van der Waals surface area contributed by atoms with Gasteiger partial charge in [0.05, 0.1) is 42.0 Å². The third-order valence-corrected chi connectivity index (χ3v) is 10.7. The molecule has 362 valence electrons. The summed E-state index contributed by atoms with van der Waals surface area (Å²) in [5.74, 6) is -5.80. The van der Waals surface area contributed by atoms with E-state index in [1.165, 1.54) is 31.2 Å². The maximum atomic E-state index is 15.7. The first-order chi connectivity index (χ1) is 33.1. The molecule has 6 rings (SSSR count). The molecular formula is C47H48FN7O14. The molecule has 0 saturated carbocycles.